The molecule has 0 aliphatic rings. The minimum atomic E-state index is -4.56. The number of alkyl halides is 2. The Labute approximate surface area is 118 Å². The molecule has 0 aliphatic heterocycles. The van der Waals surface area contributed by atoms with Gasteiger partial charge in [0.25, 0.3) is 0 Å². The number of benzene rings is 2. The number of halogens is 3. The summed E-state index contributed by atoms with van der Waals surface area (Å²) in [6.07, 6.45) is 0. The van der Waals surface area contributed by atoms with E-state index in [1.54, 1.807) is 12.1 Å². The average molecular weight is 318 g/mol. The van der Waals surface area contributed by atoms with Crippen molar-refractivity contribution in [1.29, 1.82) is 0 Å². The van der Waals surface area contributed by atoms with Crippen LogP contribution in [0.4, 0.5) is 13.2 Å². The van der Waals surface area contributed by atoms with Crippen molar-refractivity contribution in [2.75, 3.05) is 0 Å². The molecule has 106 valence electrons. The molecule has 0 bridgehead atoms. The van der Waals surface area contributed by atoms with E-state index in [1.165, 1.54) is 36.0 Å². The van der Waals surface area contributed by atoms with Gasteiger partial charge < -0.3 is 0 Å². The molecule has 0 saturated carbocycles. The van der Waals surface area contributed by atoms with Gasteiger partial charge in [0.15, 0.2) is 0 Å². The summed E-state index contributed by atoms with van der Waals surface area (Å²) in [6, 6.07) is 10.9. The topological polar surface area (TPSA) is 34.1 Å². The molecule has 0 atom stereocenters. The molecule has 2 nitrogen and oxygen atoms in total. The lowest BCUT2D eigenvalue weighted by atomic mass is 10.3. The first-order valence-electron chi connectivity index (χ1n) is 5.45. The monoisotopic (exact) mass is 318 g/mol. The van der Waals surface area contributed by atoms with Gasteiger partial charge in [0.1, 0.15) is 5.82 Å². The van der Waals surface area contributed by atoms with E-state index in [1.807, 2.05) is 0 Å². The quantitative estimate of drug-likeness (QED) is 0.855. The van der Waals surface area contributed by atoms with Gasteiger partial charge in [-0.2, -0.15) is 8.78 Å². The van der Waals surface area contributed by atoms with Crippen LogP contribution in [0, 0.1) is 5.82 Å². The molecule has 0 saturated heterocycles. The van der Waals surface area contributed by atoms with E-state index in [0.29, 0.717) is 4.90 Å². The summed E-state index contributed by atoms with van der Waals surface area (Å²) >= 11 is 1.28. The van der Waals surface area contributed by atoms with E-state index in [9.17, 15) is 21.6 Å². The summed E-state index contributed by atoms with van der Waals surface area (Å²) in [5.41, 5.74) is 0. The maximum absolute atomic E-state index is 12.7. The van der Waals surface area contributed by atoms with Gasteiger partial charge in [-0.05, 0) is 48.5 Å². The minimum Gasteiger partial charge on any atom is -0.218 e. The fourth-order valence-corrected chi connectivity index (χ4v) is 2.98. The Morgan fingerprint density at radius 2 is 1.30 bits per heavy atom. The van der Waals surface area contributed by atoms with Crippen molar-refractivity contribution in [3.05, 3.63) is 54.3 Å². The number of rotatable bonds is 4. The Hall–Kier alpha value is -1.47. The van der Waals surface area contributed by atoms with Crippen molar-refractivity contribution in [2.45, 2.75) is 20.4 Å². The van der Waals surface area contributed by atoms with E-state index >= 15 is 0 Å². The van der Waals surface area contributed by atoms with Gasteiger partial charge in [0.2, 0.25) is 9.84 Å². The molecule has 0 aromatic heterocycles. The highest BCUT2D eigenvalue weighted by molar-refractivity contribution is 7.99. The predicted molar refractivity (Wildman–Crippen MR) is 70.2 cm³/mol. The van der Waals surface area contributed by atoms with Crippen LogP contribution >= 0.6 is 11.8 Å². The second kappa shape index (κ2) is 5.88. The SMILES string of the molecule is O=S(=O)(c1ccc(Sc2ccc(F)cc2)cc1)C(F)F. The third-order valence-corrected chi connectivity index (χ3v) is 4.85. The number of sulfone groups is 1. The van der Waals surface area contributed by atoms with E-state index in [2.05, 4.69) is 0 Å². The highest BCUT2D eigenvalue weighted by Gasteiger charge is 2.26. The molecule has 2 rings (SSSR count). The first-order chi connectivity index (χ1) is 9.39. The zero-order valence-electron chi connectivity index (χ0n) is 9.96. The maximum atomic E-state index is 12.7. The first-order valence-corrected chi connectivity index (χ1v) is 7.81. The lowest BCUT2D eigenvalue weighted by Crippen LogP contribution is -2.10. The molecule has 0 unspecified atom stereocenters. The van der Waals surface area contributed by atoms with Crippen molar-refractivity contribution in [1.82, 2.24) is 0 Å². The van der Waals surface area contributed by atoms with Crippen LogP contribution in [0.2, 0.25) is 0 Å². The van der Waals surface area contributed by atoms with Crippen molar-refractivity contribution >= 4 is 21.6 Å². The average Bonchev–Trinajstić information content (AvgIpc) is 2.42. The molecule has 0 amide bonds. The molecule has 0 N–H and O–H groups in total. The second-order valence-electron chi connectivity index (χ2n) is 3.83. The van der Waals surface area contributed by atoms with Gasteiger partial charge in [0.05, 0.1) is 4.90 Å². The third-order valence-electron chi connectivity index (χ3n) is 2.44. The first kappa shape index (κ1) is 14.9. The summed E-state index contributed by atoms with van der Waals surface area (Å²) in [6.45, 7) is 0. The smallest absolute Gasteiger partial charge is 0.218 e. The Morgan fingerprint density at radius 1 is 0.850 bits per heavy atom. The van der Waals surface area contributed by atoms with Crippen LogP contribution in [0.15, 0.2) is 63.2 Å². The zero-order valence-corrected chi connectivity index (χ0v) is 11.6. The van der Waals surface area contributed by atoms with E-state index in [4.69, 9.17) is 0 Å². The minimum absolute atomic E-state index is 0.354. The summed E-state index contributed by atoms with van der Waals surface area (Å²) in [5, 5.41) is 0. The van der Waals surface area contributed by atoms with Crippen LogP contribution in [0.3, 0.4) is 0 Å². The Bertz CT molecular complexity index is 681. The van der Waals surface area contributed by atoms with E-state index in [-0.39, 0.29) is 5.82 Å². The summed E-state index contributed by atoms with van der Waals surface area (Å²) in [4.78, 5) is 1.01. The van der Waals surface area contributed by atoms with Crippen LogP contribution in [-0.2, 0) is 9.84 Å². The Kier molecular flexibility index (Phi) is 4.39. The van der Waals surface area contributed by atoms with Crippen molar-refractivity contribution in [2.24, 2.45) is 0 Å². The van der Waals surface area contributed by atoms with E-state index in [0.717, 1.165) is 17.0 Å². The van der Waals surface area contributed by atoms with E-state index < -0.39 is 20.5 Å². The van der Waals surface area contributed by atoms with Gasteiger partial charge in [-0.3, -0.25) is 0 Å². The van der Waals surface area contributed by atoms with Gasteiger partial charge in [-0.1, -0.05) is 11.8 Å². The van der Waals surface area contributed by atoms with Gasteiger partial charge in [-0.15, -0.1) is 0 Å². The second-order valence-corrected chi connectivity index (χ2v) is 6.90. The Balaban J connectivity index is 2.19. The van der Waals surface area contributed by atoms with Crippen molar-refractivity contribution in [3.8, 4) is 0 Å². The molecular weight excluding hydrogens is 309 g/mol. The molecule has 0 fully saturated rings. The van der Waals surface area contributed by atoms with Crippen LogP contribution in [-0.4, -0.2) is 14.2 Å². The maximum Gasteiger partial charge on any atom is 0.341 e. The summed E-state index contributed by atoms with van der Waals surface area (Å²) in [7, 11) is -4.56. The fraction of sp³-hybridized carbons (Fsp3) is 0.0769. The van der Waals surface area contributed by atoms with Gasteiger partial charge in [-0.25, -0.2) is 12.8 Å². The fourth-order valence-electron chi connectivity index (χ4n) is 1.44. The highest BCUT2D eigenvalue weighted by Crippen LogP contribution is 2.29. The molecule has 0 heterocycles. The molecule has 2 aromatic rings. The van der Waals surface area contributed by atoms with Crippen LogP contribution < -0.4 is 0 Å². The largest absolute Gasteiger partial charge is 0.341 e. The number of hydrogen-bond acceptors (Lipinski definition) is 3. The highest BCUT2D eigenvalue weighted by atomic mass is 32.2. The van der Waals surface area contributed by atoms with Crippen LogP contribution in [0.1, 0.15) is 0 Å². The molecular formula is C13H9F3O2S2. The normalized spacial score (nSPS) is 11.8. The standard InChI is InChI=1S/C13H9F3O2S2/c14-9-1-3-10(4-2-9)19-11-5-7-12(8-6-11)20(17,18)13(15)16/h1-8,13H. The molecule has 20 heavy (non-hydrogen) atoms. The van der Waals surface area contributed by atoms with Gasteiger partial charge in [0, 0.05) is 9.79 Å². The molecule has 0 radical (unpaired) electrons. The van der Waals surface area contributed by atoms with Crippen LogP contribution in [0.25, 0.3) is 0 Å². The predicted octanol–water partition coefficient (Wildman–Crippen LogP) is 3.97. The van der Waals surface area contributed by atoms with Crippen molar-refractivity contribution < 1.29 is 21.6 Å². The lowest BCUT2D eigenvalue weighted by Gasteiger charge is -2.05. The molecule has 0 spiro atoms. The molecule has 7 heteroatoms. The van der Waals surface area contributed by atoms with Crippen molar-refractivity contribution in [3.63, 3.8) is 0 Å². The van der Waals surface area contributed by atoms with Crippen LogP contribution in [0.5, 0.6) is 0 Å². The molecule has 0 aliphatic carbocycles. The third kappa shape index (κ3) is 3.34. The number of hydrogen-bond donors (Lipinski definition) is 0. The van der Waals surface area contributed by atoms with Gasteiger partial charge >= 0.3 is 5.76 Å². The summed E-state index contributed by atoms with van der Waals surface area (Å²) in [5.74, 6) is -3.79. The zero-order chi connectivity index (χ0) is 14.8. The molecule has 2 aromatic carbocycles. The summed E-state index contributed by atoms with van der Waals surface area (Å²) < 4.78 is 59.9. The lowest BCUT2D eigenvalue weighted by molar-refractivity contribution is 0.234. The Morgan fingerprint density at radius 3 is 1.75 bits per heavy atom.